The van der Waals surface area contributed by atoms with Gasteiger partial charge in [-0.3, -0.25) is 14.1 Å². The zero-order valence-electron chi connectivity index (χ0n) is 21.9. The predicted octanol–water partition coefficient (Wildman–Crippen LogP) is 6.40. The van der Waals surface area contributed by atoms with Gasteiger partial charge in [0, 0.05) is 41.5 Å². The van der Waals surface area contributed by atoms with Crippen LogP contribution < -0.4 is 0 Å². The summed E-state index contributed by atoms with van der Waals surface area (Å²) >= 11 is 10.0. The maximum atomic E-state index is 14.4. The highest BCUT2D eigenvalue weighted by molar-refractivity contribution is 7.76. The van der Waals surface area contributed by atoms with Crippen LogP contribution in [0.2, 0.25) is 10.0 Å². The van der Waals surface area contributed by atoms with Crippen LogP contribution in [0.25, 0.3) is 0 Å². The summed E-state index contributed by atoms with van der Waals surface area (Å²) in [4.78, 5) is 28.1. The molecule has 0 radical (unpaired) electrons. The number of aliphatic carboxylic acids is 1. The van der Waals surface area contributed by atoms with Gasteiger partial charge in [-0.15, -0.1) is 0 Å². The molecule has 2 aromatic rings. The lowest BCUT2D eigenvalue weighted by Crippen LogP contribution is -2.59. The number of hydrogen-bond acceptors (Lipinski definition) is 3. The molecule has 1 aliphatic carbocycles. The molecule has 40 heavy (non-hydrogen) atoms. The van der Waals surface area contributed by atoms with Crippen LogP contribution in [0, 0.1) is 11.3 Å². The molecule has 2 aromatic carbocycles. The van der Waals surface area contributed by atoms with Gasteiger partial charge < -0.3 is 10.0 Å². The number of carboxylic acids is 1. The summed E-state index contributed by atoms with van der Waals surface area (Å²) in [5.41, 5.74) is 0.285. The Morgan fingerprint density at radius 2 is 1.82 bits per heavy atom. The van der Waals surface area contributed by atoms with Crippen LogP contribution in [-0.2, 0) is 20.9 Å². The minimum absolute atomic E-state index is 0.0384. The number of carbonyl (C=O) groups is 2. The Morgan fingerprint density at radius 1 is 1.15 bits per heavy atom. The molecule has 12 heteroatoms. The lowest BCUT2D eigenvalue weighted by atomic mass is 9.67. The van der Waals surface area contributed by atoms with E-state index in [9.17, 15) is 32.2 Å². The van der Waals surface area contributed by atoms with E-state index in [0.29, 0.717) is 10.0 Å². The van der Waals surface area contributed by atoms with Crippen molar-refractivity contribution in [2.24, 2.45) is 11.3 Å². The van der Waals surface area contributed by atoms with Crippen molar-refractivity contribution in [2.75, 3.05) is 13.1 Å². The second-order valence-corrected chi connectivity index (χ2v) is 12.8. The largest absolute Gasteiger partial charge is 0.481 e. The number of hydrogen-bond donors (Lipinski definition) is 2. The van der Waals surface area contributed by atoms with Crippen LogP contribution in [0.1, 0.15) is 62.1 Å². The van der Waals surface area contributed by atoms with Gasteiger partial charge in [0.05, 0.1) is 17.9 Å². The Kier molecular flexibility index (Phi) is 9.88. The molecule has 1 aliphatic heterocycles. The van der Waals surface area contributed by atoms with Gasteiger partial charge >= 0.3 is 5.97 Å². The van der Waals surface area contributed by atoms with Crippen molar-refractivity contribution in [2.45, 2.75) is 63.5 Å². The standard InChI is InChI=1S/C28H32Cl2F2N2O5S/c1-28(15-25(35)36)14-22(19-3-2-4-21(30)13-19)26(18-7-9-20(29)10-8-18)34(27(28)37)23(17-5-6-17)16-33(40(38)39)12-11-24(31)32/h2-4,7-10,13,17,22-24,26H,5-6,11-12,14-16H2,1H3,(H,35,36)(H,38,39). The van der Waals surface area contributed by atoms with Gasteiger partial charge in [-0.25, -0.2) is 13.0 Å². The molecule has 4 rings (SSSR count). The van der Waals surface area contributed by atoms with Crippen LogP contribution in [0.3, 0.4) is 0 Å². The molecule has 2 aliphatic rings. The summed E-state index contributed by atoms with van der Waals surface area (Å²) < 4.78 is 49.3. The Hall–Kier alpha value is -2.11. The second kappa shape index (κ2) is 12.8. The first kappa shape index (κ1) is 30.8. The number of carboxylic acid groups (broad SMARTS) is 1. The minimum atomic E-state index is -2.66. The monoisotopic (exact) mass is 616 g/mol. The van der Waals surface area contributed by atoms with Crippen molar-refractivity contribution in [1.82, 2.24) is 9.21 Å². The summed E-state index contributed by atoms with van der Waals surface area (Å²) in [5, 5.41) is 10.8. The van der Waals surface area contributed by atoms with Crippen molar-refractivity contribution in [3.63, 3.8) is 0 Å². The zero-order valence-corrected chi connectivity index (χ0v) is 24.2. The van der Waals surface area contributed by atoms with Crippen LogP contribution in [0.4, 0.5) is 8.78 Å². The maximum absolute atomic E-state index is 14.4. The van der Waals surface area contributed by atoms with Crippen LogP contribution in [0.15, 0.2) is 48.5 Å². The Morgan fingerprint density at radius 3 is 2.38 bits per heavy atom. The fourth-order valence-corrected chi connectivity index (χ4v) is 6.74. The van der Waals surface area contributed by atoms with E-state index in [1.807, 2.05) is 18.2 Å². The Bertz CT molecular complexity index is 1250. The number of benzene rings is 2. The number of amides is 1. The first-order chi connectivity index (χ1) is 18.9. The maximum Gasteiger partial charge on any atom is 0.304 e. The van der Waals surface area contributed by atoms with E-state index in [0.717, 1.165) is 28.3 Å². The number of nitrogens with zero attached hydrogens (tertiary/aromatic N) is 2. The molecule has 218 valence electrons. The van der Waals surface area contributed by atoms with Gasteiger partial charge in [-0.2, -0.15) is 4.31 Å². The summed E-state index contributed by atoms with van der Waals surface area (Å²) in [7, 11) is 0. The number of rotatable bonds is 12. The van der Waals surface area contributed by atoms with E-state index in [-0.39, 0.29) is 37.3 Å². The fraction of sp³-hybridized carbons (Fsp3) is 0.500. The lowest BCUT2D eigenvalue weighted by molar-refractivity contribution is -0.161. The average Bonchev–Trinajstić information content (AvgIpc) is 3.71. The third-order valence-corrected chi connectivity index (χ3v) is 9.12. The molecule has 0 spiro atoms. The predicted molar refractivity (Wildman–Crippen MR) is 150 cm³/mol. The van der Waals surface area contributed by atoms with E-state index in [1.165, 1.54) is 0 Å². The molecule has 0 aromatic heterocycles. The number of likely N-dealkylation sites (tertiary alicyclic amines) is 1. The van der Waals surface area contributed by atoms with E-state index in [2.05, 4.69) is 0 Å². The Balaban J connectivity index is 1.87. The Labute approximate surface area is 244 Å². The van der Waals surface area contributed by atoms with Crippen molar-refractivity contribution >= 4 is 46.3 Å². The van der Waals surface area contributed by atoms with Gasteiger partial charge in [0.2, 0.25) is 23.6 Å². The number of carbonyl (C=O) groups excluding carboxylic acids is 1. The van der Waals surface area contributed by atoms with Crippen molar-refractivity contribution in [1.29, 1.82) is 0 Å². The molecule has 1 saturated heterocycles. The smallest absolute Gasteiger partial charge is 0.304 e. The fourth-order valence-electron chi connectivity index (χ4n) is 5.87. The summed E-state index contributed by atoms with van der Waals surface area (Å²) in [6, 6.07) is 13.1. The molecule has 2 N–H and O–H groups in total. The zero-order chi connectivity index (χ0) is 29.2. The highest BCUT2D eigenvalue weighted by Crippen LogP contribution is 2.54. The minimum Gasteiger partial charge on any atom is -0.481 e. The van der Waals surface area contributed by atoms with Gasteiger partial charge in [0.25, 0.3) is 0 Å². The van der Waals surface area contributed by atoms with E-state index < -0.39 is 54.0 Å². The molecule has 0 bridgehead atoms. The molecular formula is C28H32Cl2F2N2O5S. The summed E-state index contributed by atoms with van der Waals surface area (Å²) in [6.07, 6.45) is -1.94. The van der Waals surface area contributed by atoms with E-state index in [4.69, 9.17) is 23.2 Å². The SMILES string of the molecule is CC1(CC(=O)O)CC(c2cccc(Cl)c2)C(c2ccc(Cl)cc2)N(C(CN(CCC(F)F)S(=O)O)C2CC2)C1=O. The van der Waals surface area contributed by atoms with Crippen molar-refractivity contribution < 1.29 is 32.2 Å². The van der Waals surface area contributed by atoms with Crippen molar-refractivity contribution in [3.8, 4) is 0 Å². The molecule has 5 unspecified atom stereocenters. The summed E-state index contributed by atoms with van der Waals surface area (Å²) in [6.45, 7) is 1.19. The first-order valence-corrected chi connectivity index (χ1v) is 14.9. The highest BCUT2D eigenvalue weighted by atomic mass is 35.5. The highest BCUT2D eigenvalue weighted by Gasteiger charge is 2.54. The van der Waals surface area contributed by atoms with Crippen molar-refractivity contribution in [3.05, 3.63) is 69.7 Å². The number of piperidine rings is 1. The second-order valence-electron chi connectivity index (χ2n) is 10.9. The average molecular weight is 618 g/mol. The van der Waals surface area contributed by atoms with Crippen LogP contribution in [0.5, 0.6) is 0 Å². The van der Waals surface area contributed by atoms with E-state index in [1.54, 1.807) is 42.2 Å². The quantitative estimate of drug-likeness (QED) is 0.269. The first-order valence-electron chi connectivity index (χ1n) is 13.1. The van der Waals surface area contributed by atoms with Gasteiger partial charge in [-0.1, -0.05) is 54.4 Å². The molecule has 5 atom stereocenters. The number of alkyl halides is 2. The molecule has 1 heterocycles. The third kappa shape index (κ3) is 7.20. The van der Waals surface area contributed by atoms with Gasteiger partial charge in [-0.05, 0) is 60.6 Å². The van der Waals surface area contributed by atoms with Crippen LogP contribution in [-0.4, -0.2) is 60.5 Å². The third-order valence-electron chi connectivity index (χ3n) is 7.86. The van der Waals surface area contributed by atoms with Crippen LogP contribution >= 0.6 is 23.2 Å². The lowest BCUT2D eigenvalue weighted by Gasteiger charge is -2.52. The summed E-state index contributed by atoms with van der Waals surface area (Å²) in [5.74, 6) is -1.92. The normalized spacial score (nSPS) is 24.9. The molecule has 1 amide bonds. The van der Waals surface area contributed by atoms with Gasteiger partial charge in [0.15, 0.2) is 0 Å². The number of halogens is 4. The topological polar surface area (TPSA) is 98.2 Å². The molecule has 7 nitrogen and oxygen atoms in total. The molecule has 1 saturated carbocycles. The molecular weight excluding hydrogens is 585 g/mol. The molecule has 2 fully saturated rings. The van der Waals surface area contributed by atoms with E-state index >= 15 is 0 Å². The van der Waals surface area contributed by atoms with Gasteiger partial charge in [0.1, 0.15) is 0 Å².